The van der Waals surface area contributed by atoms with Crippen molar-refractivity contribution in [2.45, 2.75) is 88.2 Å². The normalized spacial score (nSPS) is 14.2. The molecule has 1 aromatic heterocycles. The van der Waals surface area contributed by atoms with Crippen molar-refractivity contribution in [3.05, 3.63) is 108 Å². The second-order valence-corrected chi connectivity index (χ2v) is 16.9. The Hall–Kier alpha value is -6.78. The minimum absolute atomic E-state index is 0.0171. The molecule has 13 N–H and O–H groups in total. The summed E-state index contributed by atoms with van der Waals surface area (Å²) in [4.78, 5) is 102. The largest absolute Gasteiger partial charge is 0.508 e. The number of rotatable bonds is 25. The number of phenolic OH excluding ortho intramolecular Hbond substituents is 3. The molecule has 7 atom stereocenters. The quantitative estimate of drug-likeness (QED) is 0.0391. The molecule has 0 radical (unpaired) electrons. The van der Waals surface area contributed by atoms with E-state index in [-0.39, 0.29) is 66.8 Å². The molecule has 0 saturated heterocycles. The number of amides is 6. The lowest BCUT2D eigenvalue weighted by Crippen LogP contribution is -2.61. The second-order valence-electron chi connectivity index (χ2n) is 16.2. The van der Waals surface area contributed by atoms with Gasteiger partial charge in [0, 0.05) is 49.1 Å². The maximum absolute atomic E-state index is 14.5. The fourth-order valence-electron chi connectivity index (χ4n) is 6.67. The molecule has 0 saturated carbocycles. The number of phenols is 3. The summed E-state index contributed by atoms with van der Waals surface area (Å²) in [6, 6.07) is 8.28. The zero-order valence-corrected chi connectivity index (χ0v) is 38.5. The summed E-state index contributed by atoms with van der Waals surface area (Å²) in [6.07, 6.45) is 2.25. The second kappa shape index (κ2) is 25.8. The van der Waals surface area contributed by atoms with Gasteiger partial charge in [-0.25, -0.2) is 9.78 Å². The van der Waals surface area contributed by atoms with Crippen LogP contribution in [0.4, 0.5) is 0 Å². The molecule has 22 heteroatoms. The van der Waals surface area contributed by atoms with Crippen LogP contribution in [0.25, 0.3) is 0 Å². The lowest BCUT2D eigenvalue weighted by Gasteiger charge is -2.28. The number of nitrogens with two attached hydrogens (primary N) is 1. The molecule has 0 aliphatic carbocycles. The van der Waals surface area contributed by atoms with Gasteiger partial charge in [-0.05, 0) is 65.4 Å². The maximum Gasteiger partial charge on any atom is 0.327 e. The topological polar surface area (TPSA) is 327 Å². The lowest BCUT2D eigenvalue weighted by molar-refractivity contribution is -0.141. The van der Waals surface area contributed by atoms with Gasteiger partial charge in [0.05, 0.1) is 12.4 Å². The van der Waals surface area contributed by atoms with Crippen molar-refractivity contribution in [3.63, 3.8) is 0 Å². The van der Waals surface area contributed by atoms with Crippen LogP contribution >= 0.6 is 25.3 Å². The number of aromatic amines is 1. The van der Waals surface area contributed by atoms with Crippen LogP contribution in [0.1, 0.15) is 42.7 Å². The van der Waals surface area contributed by atoms with Crippen LogP contribution in [-0.4, -0.2) is 126 Å². The molecule has 3 aromatic carbocycles. The van der Waals surface area contributed by atoms with Crippen LogP contribution in [0.3, 0.4) is 0 Å². The van der Waals surface area contributed by atoms with Crippen molar-refractivity contribution in [1.82, 2.24) is 41.9 Å². The first-order chi connectivity index (χ1) is 31.8. The summed E-state index contributed by atoms with van der Waals surface area (Å²) in [7, 11) is 0. The number of aromatic hydroxyl groups is 3. The van der Waals surface area contributed by atoms with Gasteiger partial charge in [0.2, 0.25) is 35.4 Å². The number of H-pyrrole nitrogens is 1. The third-order valence-electron chi connectivity index (χ3n) is 10.3. The van der Waals surface area contributed by atoms with Gasteiger partial charge >= 0.3 is 5.97 Å². The van der Waals surface area contributed by atoms with E-state index in [0.717, 1.165) is 0 Å². The van der Waals surface area contributed by atoms with Gasteiger partial charge in [0.25, 0.3) is 0 Å². The molecule has 0 unspecified atom stereocenters. The van der Waals surface area contributed by atoms with E-state index in [4.69, 9.17) is 5.73 Å². The number of hydrogen-bond acceptors (Lipinski definition) is 14. The van der Waals surface area contributed by atoms with Gasteiger partial charge in [-0.15, -0.1) is 0 Å². The van der Waals surface area contributed by atoms with Gasteiger partial charge in [-0.3, -0.25) is 28.8 Å². The summed E-state index contributed by atoms with van der Waals surface area (Å²) < 4.78 is 0. The summed E-state index contributed by atoms with van der Waals surface area (Å²) in [5.74, 6) is -6.81. The average molecular weight is 964 g/mol. The standard InChI is InChI=1S/C45H57N9O11S2/c1-24(2)15-33(50-41(60)34(49-39(58)32(46)21-66)16-25-3-9-29(55)10-4-25)40(59)51-35(17-26-5-11-30(56)12-6-26)42(61)53-37(19-28-20-47-23-48-28)44(63)52-36(18-27-7-13-31(57)14-8-27)43(62)54-38(22-67)45(64)65/h3-14,20,23-24,32-38,55-57,66-67H,15-19,21-22,46H2,1-2H3,(H,47,48)(H,49,58)(H,50,60)(H,51,59)(H,52,63)(H,53,61)(H,54,62)(H,64,65)/t32-,33-,34-,35-,36-,37-,38-/m0/s1. The van der Waals surface area contributed by atoms with Crippen LogP contribution in [0, 0.1) is 5.92 Å². The lowest BCUT2D eigenvalue weighted by atomic mass is 9.99. The van der Waals surface area contributed by atoms with Crippen molar-refractivity contribution in [2.24, 2.45) is 11.7 Å². The fourth-order valence-corrected chi connectivity index (χ4v) is 7.08. The first-order valence-electron chi connectivity index (χ1n) is 21.2. The SMILES string of the molecule is CC(C)C[C@H](NC(=O)[C@H](Cc1ccc(O)cc1)NC(=O)[C@@H](N)CS)C(=O)N[C@@H](Cc1ccc(O)cc1)C(=O)N[C@@H](Cc1cnc[nH]1)C(=O)N[C@@H](Cc1ccc(O)cc1)C(=O)N[C@@H](CS)C(=O)O. The Balaban J connectivity index is 1.65. The number of carboxylic acids is 1. The van der Waals surface area contributed by atoms with Gasteiger partial charge in [0.15, 0.2) is 0 Å². The number of carboxylic acid groups (broad SMARTS) is 1. The Bertz CT molecular complexity index is 2280. The number of carbonyl (C=O) groups is 7. The predicted octanol–water partition coefficient (Wildman–Crippen LogP) is 0.0235. The van der Waals surface area contributed by atoms with Gasteiger partial charge < -0.3 is 63.0 Å². The molecule has 0 bridgehead atoms. The Morgan fingerprint density at radius 1 is 0.537 bits per heavy atom. The molecule has 0 aliphatic rings. The van der Waals surface area contributed by atoms with E-state index in [2.05, 4.69) is 67.1 Å². The van der Waals surface area contributed by atoms with E-state index in [0.29, 0.717) is 22.4 Å². The molecule has 0 spiro atoms. The monoisotopic (exact) mass is 963 g/mol. The highest BCUT2D eigenvalue weighted by molar-refractivity contribution is 7.80. The van der Waals surface area contributed by atoms with Crippen LogP contribution in [0.5, 0.6) is 17.2 Å². The zero-order valence-electron chi connectivity index (χ0n) is 36.7. The summed E-state index contributed by atoms with van der Waals surface area (Å²) >= 11 is 8.10. The first-order valence-corrected chi connectivity index (χ1v) is 22.4. The van der Waals surface area contributed by atoms with Crippen LogP contribution in [0.15, 0.2) is 85.3 Å². The molecule has 0 aliphatic heterocycles. The highest BCUT2D eigenvalue weighted by Crippen LogP contribution is 2.16. The Morgan fingerprint density at radius 3 is 1.21 bits per heavy atom. The molecule has 0 fully saturated rings. The van der Waals surface area contributed by atoms with Crippen molar-refractivity contribution >= 4 is 66.7 Å². The Morgan fingerprint density at radius 2 is 0.881 bits per heavy atom. The molecule has 4 aromatic rings. The zero-order chi connectivity index (χ0) is 49.2. The van der Waals surface area contributed by atoms with E-state index < -0.39 is 83.7 Å². The minimum Gasteiger partial charge on any atom is -0.508 e. The highest BCUT2D eigenvalue weighted by Gasteiger charge is 2.34. The molecular formula is C45H57N9O11S2. The Labute approximate surface area is 397 Å². The number of aromatic nitrogens is 2. The fraction of sp³-hybridized carbons (Fsp3) is 0.378. The minimum atomic E-state index is -1.44. The molecule has 6 amide bonds. The average Bonchev–Trinajstić information content (AvgIpc) is 3.81. The number of carbonyl (C=O) groups excluding carboxylic acids is 6. The summed E-state index contributed by atoms with van der Waals surface area (Å²) in [6.45, 7) is 3.62. The van der Waals surface area contributed by atoms with Crippen molar-refractivity contribution in [2.75, 3.05) is 11.5 Å². The van der Waals surface area contributed by atoms with Crippen molar-refractivity contribution in [1.29, 1.82) is 0 Å². The van der Waals surface area contributed by atoms with Crippen molar-refractivity contribution in [3.8, 4) is 17.2 Å². The summed E-state index contributed by atoms with van der Waals surface area (Å²) in [5.41, 5.74) is 7.83. The van der Waals surface area contributed by atoms with Crippen LogP contribution in [0.2, 0.25) is 0 Å². The first kappa shape index (κ1) is 52.8. The molecule has 20 nitrogen and oxygen atoms in total. The third-order valence-corrected chi connectivity index (χ3v) is 11.1. The maximum atomic E-state index is 14.5. The summed E-state index contributed by atoms with van der Waals surface area (Å²) in [5, 5.41) is 54.9. The number of benzene rings is 3. The number of nitrogens with one attached hydrogen (secondary N) is 7. The molecule has 1 heterocycles. The van der Waals surface area contributed by atoms with Crippen LogP contribution in [-0.2, 0) is 59.2 Å². The molecule has 360 valence electrons. The van der Waals surface area contributed by atoms with E-state index in [1.807, 2.05) is 13.8 Å². The number of thiol groups is 2. The smallest absolute Gasteiger partial charge is 0.327 e. The van der Waals surface area contributed by atoms with E-state index in [9.17, 15) is 54.0 Å². The van der Waals surface area contributed by atoms with Crippen LogP contribution < -0.4 is 37.6 Å². The van der Waals surface area contributed by atoms with Gasteiger partial charge in [-0.2, -0.15) is 25.3 Å². The van der Waals surface area contributed by atoms with E-state index in [1.54, 1.807) is 12.1 Å². The third kappa shape index (κ3) is 17.2. The number of aliphatic carboxylic acids is 1. The molecule has 4 rings (SSSR count). The number of nitrogens with zero attached hydrogens (tertiary/aromatic N) is 1. The van der Waals surface area contributed by atoms with E-state index >= 15 is 0 Å². The number of hydrogen-bond donors (Lipinski definition) is 14. The highest BCUT2D eigenvalue weighted by atomic mass is 32.1. The van der Waals surface area contributed by atoms with Gasteiger partial charge in [0.1, 0.15) is 53.5 Å². The van der Waals surface area contributed by atoms with Crippen molar-refractivity contribution < 1.29 is 54.0 Å². The molecular weight excluding hydrogens is 907 g/mol. The van der Waals surface area contributed by atoms with E-state index in [1.165, 1.54) is 73.2 Å². The van der Waals surface area contributed by atoms with Gasteiger partial charge in [-0.1, -0.05) is 50.2 Å². The predicted molar refractivity (Wildman–Crippen MR) is 252 cm³/mol. The number of imidazole rings is 1. The molecule has 67 heavy (non-hydrogen) atoms. The Kier molecular flexibility index (Phi) is 20.3.